The number of anilines is 1. The first kappa shape index (κ1) is 42.3. The number of ketones is 1. The maximum absolute atomic E-state index is 13.5. The predicted molar refractivity (Wildman–Crippen MR) is 240 cm³/mol. The smallest absolute Gasteiger partial charge is 0.411 e. The topological polar surface area (TPSA) is 152 Å². The number of carbonyl (C=O) groups is 3. The van der Waals surface area contributed by atoms with E-state index in [9.17, 15) is 24.6 Å². The number of phenols is 2. The number of ether oxygens (including phenoxy) is 1. The van der Waals surface area contributed by atoms with Crippen LogP contribution < -0.4 is 21.3 Å². The second-order valence-electron chi connectivity index (χ2n) is 15.0. The number of hydrogen-bond acceptors (Lipinski definition) is 9. The van der Waals surface area contributed by atoms with E-state index in [2.05, 4.69) is 68.6 Å². The summed E-state index contributed by atoms with van der Waals surface area (Å²) in [4.78, 5) is 41.6. The van der Waals surface area contributed by atoms with Crippen LogP contribution in [-0.2, 0) is 11.3 Å². The molecule has 6 N–H and O–H groups in total. The predicted octanol–water partition coefficient (Wildman–Crippen LogP) is 8.10. The number of phenolic OH excluding ortho intramolecular Hbond substituents is 2. The Balaban J connectivity index is 0.854. The molecule has 61 heavy (non-hydrogen) atoms. The summed E-state index contributed by atoms with van der Waals surface area (Å²) in [6.07, 6.45) is 0.706. The third-order valence-corrected chi connectivity index (χ3v) is 10.8. The number of carbonyl (C=O) groups excluding carboxylic acids is 3. The zero-order valence-electron chi connectivity index (χ0n) is 34.0. The van der Waals surface area contributed by atoms with Crippen LogP contribution in [-0.4, -0.2) is 84.8 Å². The van der Waals surface area contributed by atoms with Crippen LogP contribution in [0, 0.1) is 0 Å². The van der Waals surface area contributed by atoms with Gasteiger partial charge >= 0.3 is 6.09 Å². The molecule has 1 fully saturated rings. The number of hydrogen-bond donors (Lipinski definition) is 6. The van der Waals surface area contributed by atoms with Crippen molar-refractivity contribution in [3.05, 3.63) is 162 Å². The molecule has 0 bridgehead atoms. The van der Waals surface area contributed by atoms with E-state index in [0.29, 0.717) is 55.8 Å². The van der Waals surface area contributed by atoms with Crippen LogP contribution in [0.2, 0.25) is 0 Å². The lowest BCUT2D eigenvalue weighted by molar-refractivity contribution is 0.0593. The normalized spacial score (nSPS) is 13.0. The van der Waals surface area contributed by atoms with Crippen molar-refractivity contribution in [2.24, 2.45) is 0 Å². The second-order valence-corrected chi connectivity index (χ2v) is 15.0. The molecule has 0 atom stereocenters. The van der Waals surface area contributed by atoms with Gasteiger partial charge in [-0.2, -0.15) is 0 Å². The van der Waals surface area contributed by atoms with E-state index < -0.39 is 6.09 Å². The largest absolute Gasteiger partial charge is 0.504 e. The van der Waals surface area contributed by atoms with Crippen molar-refractivity contribution < 1.29 is 29.3 Å². The van der Waals surface area contributed by atoms with Crippen LogP contribution >= 0.6 is 0 Å². The van der Waals surface area contributed by atoms with Crippen LogP contribution in [0.25, 0.3) is 33.4 Å². The quantitative estimate of drug-likeness (QED) is 0.0305. The lowest BCUT2D eigenvalue weighted by Gasteiger charge is -2.31. The van der Waals surface area contributed by atoms with Crippen molar-refractivity contribution in [3.8, 4) is 44.9 Å². The Bertz CT molecular complexity index is 2420. The monoisotopic (exact) mass is 817 g/mol. The number of likely N-dealkylation sites (tertiary alicyclic amines) is 1. The van der Waals surface area contributed by atoms with Crippen molar-refractivity contribution >= 4 is 23.5 Å². The molecular formula is C50H51N5O6. The van der Waals surface area contributed by atoms with Gasteiger partial charge < -0.3 is 35.8 Å². The standard InChI is InChI=1S/C50H51N5O6/c56-45-22-21-35(31-46(45)57)33-51-25-26-53-49(59)39-16-9-15-38(32-39)47(58)34-52-27-30-55-28-23-40(24-29-55)61-50(60)54-44-20-10-19-42(37-13-5-2-6-14-37)48(44)43-18-8-7-17-41(43)36-11-3-1-4-12-36/h1-22,31-32,40,51-52,56-57H,23-30,33-34H2,(H,53,59)(H,54,60). The Morgan fingerprint density at radius 3 is 2.02 bits per heavy atom. The lowest BCUT2D eigenvalue weighted by atomic mass is 9.88. The number of benzene rings is 6. The van der Waals surface area contributed by atoms with Crippen molar-refractivity contribution in [2.75, 3.05) is 51.1 Å². The Kier molecular flexibility index (Phi) is 14.5. The number of rotatable bonds is 17. The number of nitrogens with one attached hydrogen (secondary N) is 4. The van der Waals surface area contributed by atoms with Crippen molar-refractivity contribution in [3.63, 3.8) is 0 Å². The van der Waals surface area contributed by atoms with Crippen molar-refractivity contribution in [2.45, 2.75) is 25.5 Å². The van der Waals surface area contributed by atoms with Gasteiger partial charge in [0.1, 0.15) is 6.10 Å². The van der Waals surface area contributed by atoms with Gasteiger partial charge in [-0.15, -0.1) is 0 Å². The number of piperidine rings is 1. The number of amides is 2. The van der Waals surface area contributed by atoms with Gasteiger partial charge in [0.2, 0.25) is 0 Å². The third-order valence-electron chi connectivity index (χ3n) is 10.8. The second kappa shape index (κ2) is 20.9. The van der Waals surface area contributed by atoms with E-state index in [1.54, 1.807) is 30.3 Å². The SMILES string of the molecule is O=C(Nc1cccc(-c2ccccc2)c1-c1ccccc1-c1ccccc1)OC1CCN(CCNCC(=O)c2cccc(C(=O)NCCNCc3ccc(O)c(O)c3)c2)CC1. The fraction of sp³-hybridized carbons (Fsp3) is 0.220. The molecule has 0 spiro atoms. The summed E-state index contributed by atoms with van der Waals surface area (Å²) < 4.78 is 6.00. The van der Waals surface area contributed by atoms with Crippen molar-refractivity contribution in [1.29, 1.82) is 0 Å². The van der Waals surface area contributed by atoms with E-state index >= 15 is 0 Å². The van der Waals surface area contributed by atoms with Crippen molar-refractivity contribution in [1.82, 2.24) is 20.9 Å². The molecular weight excluding hydrogens is 767 g/mol. The average Bonchev–Trinajstić information content (AvgIpc) is 3.30. The summed E-state index contributed by atoms with van der Waals surface area (Å²) in [6, 6.07) is 46.0. The van der Waals surface area contributed by atoms with Gasteiger partial charge in [0.25, 0.3) is 5.91 Å². The minimum atomic E-state index is -0.481. The molecule has 1 saturated heterocycles. The highest BCUT2D eigenvalue weighted by Crippen LogP contribution is 2.42. The molecule has 1 aliphatic heterocycles. The molecule has 11 nitrogen and oxygen atoms in total. The van der Waals surface area contributed by atoms with E-state index in [0.717, 1.165) is 58.6 Å². The molecule has 0 aromatic heterocycles. The minimum absolute atomic E-state index is 0.104. The molecule has 0 aliphatic carbocycles. The molecule has 1 aliphatic rings. The van der Waals surface area contributed by atoms with Gasteiger partial charge in [-0.1, -0.05) is 115 Å². The molecule has 7 rings (SSSR count). The summed E-state index contributed by atoms with van der Waals surface area (Å²) >= 11 is 0. The maximum atomic E-state index is 13.5. The summed E-state index contributed by atoms with van der Waals surface area (Å²) in [5.74, 6) is -0.730. The first-order valence-electron chi connectivity index (χ1n) is 20.7. The van der Waals surface area contributed by atoms with Gasteiger partial charge in [-0.25, -0.2) is 4.79 Å². The Morgan fingerprint density at radius 2 is 1.28 bits per heavy atom. The zero-order valence-corrected chi connectivity index (χ0v) is 34.0. The van der Waals surface area contributed by atoms with Crippen LogP contribution in [0.5, 0.6) is 11.5 Å². The Hall–Kier alpha value is -6.79. The highest BCUT2D eigenvalue weighted by molar-refractivity contribution is 6.02. The highest BCUT2D eigenvalue weighted by atomic mass is 16.6. The molecule has 0 radical (unpaired) electrons. The minimum Gasteiger partial charge on any atom is -0.504 e. The number of nitrogens with zero attached hydrogens (tertiary/aromatic N) is 1. The van der Waals surface area contributed by atoms with E-state index in [-0.39, 0.29) is 35.8 Å². The van der Waals surface area contributed by atoms with Crippen LogP contribution in [0.15, 0.2) is 146 Å². The third kappa shape index (κ3) is 11.5. The molecule has 6 aromatic carbocycles. The maximum Gasteiger partial charge on any atom is 0.411 e. The van der Waals surface area contributed by atoms with Gasteiger partial charge in [0.15, 0.2) is 17.3 Å². The summed E-state index contributed by atoms with van der Waals surface area (Å²) in [5.41, 5.74) is 8.49. The van der Waals surface area contributed by atoms with Gasteiger partial charge in [0.05, 0.1) is 12.2 Å². The number of Topliss-reactive ketones (excluding diaryl/α,β-unsaturated/α-hetero) is 1. The first-order valence-corrected chi connectivity index (χ1v) is 20.7. The fourth-order valence-electron chi connectivity index (χ4n) is 7.57. The summed E-state index contributed by atoms with van der Waals surface area (Å²) in [5, 5.41) is 31.5. The molecule has 11 heteroatoms. The van der Waals surface area contributed by atoms with E-state index in [4.69, 9.17) is 4.74 Å². The van der Waals surface area contributed by atoms with Gasteiger partial charge in [-0.05, 0) is 76.6 Å². The Morgan fingerprint density at radius 1 is 0.623 bits per heavy atom. The Labute approximate surface area is 356 Å². The summed E-state index contributed by atoms with van der Waals surface area (Å²) in [7, 11) is 0. The summed E-state index contributed by atoms with van der Waals surface area (Å²) in [6.45, 7) is 4.35. The highest BCUT2D eigenvalue weighted by Gasteiger charge is 2.24. The van der Waals surface area contributed by atoms with E-state index in [1.807, 2.05) is 60.7 Å². The fourth-order valence-corrected chi connectivity index (χ4v) is 7.57. The first-order chi connectivity index (χ1) is 29.8. The van der Waals surface area contributed by atoms with E-state index in [1.165, 1.54) is 12.1 Å². The molecule has 0 unspecified atom stereocenters. The molecule has 312 valence electrons. The zero-order chi connectivity index (χ0) is 42.4. The van der Waals surface area contributed by atoms with Gasteiger partial charge in [0, 0.05) is 62.5 Å². The molecule has 1 heterocycles. The molecule has 2 amide bonds. The van der Waals surface area contributed by atoms with Gasteiger partial charge in [-0.3, -0.25) is 14.9 Å². The van der Waals surface area contributed by atoms with Crippen LogP contribution in [0.3, 0.4) is 0 Å². The molecule has 6 aromatic rings. The average molecular weight is 818 g/mol. The lowest BCUT2D eigenvalue weighted by Crippen LogP contribution is -2.42. The van der Waals surface area contributed by atoms with Crippen LogP contribution in [0.4, 0.5) is 10.5 Å². The van der Waals surface area contributed by atoms with Crippen LogP contribution in [0.1, 0.15) is 39.1 Å². The number of aromatic hydroxyl groups is 2. The molecule has 0 saturated carbocycles.